The fourth-order valence-electron chi connectivity index (χ4n) is 2.54. The summed E-state index contributed by atoms with van der Waals surface area (Å²) in [4.78, 5) is 4.55. The summed E-state index contributed by atoms with van der Waals surface area (Å²) in [5.74, 6) is -0.353. The van der Waals surface area contributed by atoms with Crippen molar-refractivity contribution in [1.82, 2.24) is 9.38 Å². The lowest BCUT2D eigenvalue weighted by Crippen LogP contribution is -2.00. The van der Waals surface area contributed by atoms with E-state index in [1.54, 1.807) is 17.4 Å². The number of benzene rings is 1. The van der Waals surface area contributed by atoms with Gasteiger partial charge in [0.2, 0.25) is 0 Å². The Labute approximate surface area is 122 Å². The van der Waals surface area contributed by atoms with Crippen LogP contribution in [0.3, 0.4) is 0 Å². The van der Waals surface area contributed by atoms with E-state index in [4.69, 9.17) is 0 Å². The van der Waals surface area contributed by atoms with Gasteiger partial charge >= 0.3 is 0 Å². The van der Waals surface area contributed by atoms with Gasteiger partial charge in [-0.2, -0.15) is 0 Å². The zero-order chi connectivity index (χ0) is 15.1. The van der Waals surface area contributed by atoms with Gasteiger partial charge in [-0.15, -0.1) is 0 Å². The summed E-state index contributed by atoms with van der Waals surface area (Å²) in [6, 6.07) is 9.04. The molecule has 0 saturated heterocycles. The quantitative estimate of drug-likeness (QED) is 0.777. The van der Waals surface area contributed by atoms with Crippen LogP contribution in [0.4, 0.5) is 4.39 Å². The first-order valence-corrected chi connectivity index (χ1v) is 6.90. The first-order valence-electron chi connectivity index (χ1n) is 6.90. The van der Waals surface area contributed by atoms with E-state index in [9.17, 15) is 9.50 Å². The molecule has 3 rings (SSSR count). The number of aliphatic hydroxyl groups is 1. The summed E-state index contributed by atoms with van der Waals surface area (Å²) in [5.41, 5.74) is 5.21. The van der Waals surface area contributed by atoms with Gasteiger partial charge in [0.15, 0.2) is 0 Å². The van der Waals surface area contributed by atoms with Crippen LogP contribution in [0.25, 0.3) is 16.9 Å². The second-order valence-corrected chi connectivity index (χ2v) is 5.40. The maximum absolute atomic E-state index is 13.5. The number of pyridine rings is 1. The highest BCUT2D eigenvalue weighted by Gasteiger charge is 2.18. The molecule has 0 bridgehead atoms. The van der Waals surface area contributed by atoms with Crippen LogP contribution in [0.15, 0.2) is 36.5 Å². The molecule has 3 aromatic rings. The van der Waals surface area contributed by atoms with Crippen LogP contribution >= 0.6 is 0 Å². The fourth-order valence-corrected chi connectivity index (χ4v) is 2.54. The van der Waals surface area contributed by atoms with Crippen molar-refractivity contribution < 1.29 is 9.50 Å². The molecule has 21 heavy (non-hydrogen) atoms. The van der Waals surface area contributed by atoms with E-state index in [0.717, 1.165) is 11.1 Å². The van der Waals surface area contributed by atoms with Crippen LogP contribution in [-0.4, -0.2) is 14.5 Å². The average molecular weight is 284 g/mol. The predicted octanol–water partition coefficient (Wildman–Crippen LogP) is 3.81. The minimum Gasteiger partial charge on any atom is -0.387 e. The molecule has 0 amide bonds. The molecule has 108 valence electrons. The summed E-state index contributed by atoms with van der Waals surface area (Å²) >= 11 is 0. The van der Waals surface area contributed by atoms with E-state index < -0.39 is 6.10 Å². The van der Waals surface area contributed by atoms with E-state index in [2.05, 4.69) is 4.98 Å². The molecule has 0 saturated carbocycles. The van der Waals surface area contributed by atoms with Crippen molar-refractivity contribution in [2.75, 3.05) is 0 Å². The van der Waals surface area contributed by atoms with Gasteiger partial charge in [-0.3, -0.25) is 4.40 Å². The van der Waals surface area contributed by atoms with E-state index in [1.807, 2.05) is 32.0 Å². The molecule has 4 heteroatoms. The van der Waals surface area contributed by atoms with Crippen LogP contribution in [0.2, 0.25) is 0 Å². The molecular weight excluding hydrogens is 267 g/mol. The molecule has 0 aliphatic rings. The molecule has 0 spiro atoms. The summed E-state index contributed by atoms with van der Waals surface area (Å²) < 4.78 is 15.1. The number of nitrogens with zero attached hydrogens (tertiary/aromatic N) is 2. The molecule has 0 aliphatic carbocycles. The molecule has 0 fully saturated rings. The molecule has 0 radical (unpaired) electrons. The van der Waals surface area contributed by atoms with Gasteiger partial charge in [0.05, 0.1) is 17.5 Å². The molecular formula is C17H17FN2O. The maximum Gasteiger partial charge on any atom is 0.139 e. The zero-order valence-electron chi connectivity index (χ0n) is 12.3. The standard InChI is InChI=1S/C17H17FN2O/c1-10-4-5-13(8-11(10)2)16-17(12(3)21)20-9-14(18)6-7-15(20)19-16/h4-9,12,21H,1-3H3. The van der Waals surface area contributed by atoms with Gasteiger partial charge in [-0.05, 0) is 50.1 Å². The summed E-state index contributed by atoms with van der Waals surface area (Å²) in [5, 5.41) is 10.1. The first-order chi connectivity index (χ1) is 9.97. The van der Waals surface area contributed by atoms with Gasteiger partial charge in [0.1, 0.15) is 11.5 Å². The molecule has 2 aromatic heterocycles. The largest absolute Gasteiger partial charge is 0.387 e. The third-order valence-corrected chi connectivity index (χ3v) is 3.80. The van der Waals surface area contributed by atoms with Crippen LogP contribution < -0.4 is 0 Å². The third kappa shape index (κ3) is 2.32. The lowest BCUT2D eigenvalue weighted by molar-refractivity contribution is 0.194. The van der Waals surface area contributed by atoms with Crippen LogP contribution in [0.5, 0.6) is 0 Å². The number of imidazole rings is 1. The van der Waals surface area contributed by atoms with E-state index >= 15 is 0 Å². The lowest BCUT2D eigenvalue weighted by Gasteiger charge is -2.09. The number of aromatic nitrogens is 2. The topological polar surface area (TPSA) is 37.5 Å². The van der Waals surface area contributed by atoms with Crippen molar-refractivity contribution in [3.8, 4) is 11.3 Å². The van der Waals surface area contributed by atoms with E-state index in [0.29, 0.717) is 17.0 Å². The Morgan fingerprint density at radius 2 is 1.90 bits per heavy atom. The minimum absolute atomic E-state index is 0.353. The SMILES string of the molecule is Cc1ccc(-c2nc3ccc(F)cn3c2C(C)O)cc1C. The average Bonchev–Trinajstić information content (AvgIpc) is 2.80. The van der Waals surface area contributed by atoms with Crippen molar-refractivity contribution in [3.63, 3.8) is 0 Å². The molecule has 3 nitrogen and oxygen atoms in total. The van der Waals surface area contributed by atoms with E-state index in [1.165, 1.54) is 17.8 Å². The summed E-state index contributed by atoms with van der Waals surface area (Å²) in [7, 11) is 0. The molecule has 1 N–H and O–H groups in total. The molecule has 1 atom stereocenters. The third-order valence-electron chi connectivity index (χ3n) is 3.80. The van der Waals surface area contributed by atoms with Crippen molar-refractivity contribution in [2.45, 2.75) is 26.9 Å². The number of halogens is 1. The van der Waals surface area contributed by atoms with Gasteiger partial charge in [0.25, 0.3) is 0 Å². The number of fused-ring (bicyclic) bond motifs is 1. The van der Waals surface area contributed by atoms with Crippen molar-refractivity contribution in [3.05, 3.63) is 59.2 Å². The highest BCUT2D eigenvalue weighted by molar-refractivity contribution is 5.68. The second kappa shape index (κ2) is 4.97. The highest BCUT2D eigenvalue weighted by atomic mass is 19.1. The molecule has 0 aliphatic heterocycles. The maximum atomic E-state index is 13.5. The Kier molecular flexibility index (Phi) is 3.26. The van der Waals surface area contributed by atoms with Crippen LogP contribution in [0, 0.1) is 19.7 Å². The van der Waals surface area contributed by atoms with E-state index in [-0.39, 0.29) is 5.82 Å². The fraction of sp³-hybridized carbons (Fsp3) is 0.235. The smallest absolute Gasteiger partial charge is 0.139 e. The van der Waals surface area contributed by atoms with Crippen molar-refractivity contribution in [2.24, 2.45) is 0 Å². The Hall–Kier alpha value is -2.20. The highest BCUT2D eigenvalue weighted by Crippen LogP contribution is 2.30. The minimum atomic E-state index is -0.738. The molecule has 1 aromatic carbocycles. The number of hydrogen-bond donors (Lipinski definition) is 1. The summed E-state index contributed by atoms with van der Waals surface area (Å²) in [6.45, 7) is 5.75. The molecule has 2 heterocycles. The Morgan fingerprint density at radius 3 is 2.57 bits per heavy atom. The number of aliphatic hydroxyl groups excluding tert-OH is 1. The monoisotopic (exact) mass is 284 g/mol. The predicted molar refractivity (Wildman–Crippen MR) is 80.7 cm³/mol. The number of hydrogen-bond acceptors (Lipinski definition) is 2. The van der Waals surface area contributed by atoms with Crippen molar-refractivity contribution >= 4 is 5.65 Å². The number of rotatable bonds is 2. The van der Waals surface area contributed by atoms with Crippen molar-refractivity contribution in [1.29, 1.82) is 0 Å². The Bertz CT molecular complexity index is 821. The second-order valence-electron chi connectivity index (χ2n) is 5.40. The Balaban J connectivity index is 2.30. The van der Waals surface area contributed by atoms with Gasteiger partial charge in [0, 0.05) is 11.8 Å². The first kappa shape index (κ1) is 13.8. The molecule has 1 unspecified atom stereocenters. The zero-order valence-corrected chi connectivity index (χ0v) is 12.3. The normalized spacial score (nSPS) is 12.8. The van der Waals surface area contributed by atoms with Crippen LogP contribution in [0.1, 0.15) is 29.8 Å². The van der Waals surface area contributed by atoms with Gasteiger partial charge in [-0.25, -0.2) is 9.37 Å². The lowest BCUT2D eigenvalue weighted by atomic mass is 10.0. The number of aryl methyl sites for hydroxylation is 2. The van der Waals surface area contributed by atoms with Gasteiger partial charge < -0.3 is 5.11 Å². The Morgan fingerprint density at radius 1 is 1.14 bits per heavy atom. The van der Waals surface area contributed by atoms with Gasteiger partial charge in [-0.1, -0.05) is 12.1 Å². The van der Waals surface area contributed by atoms with Crippen LogP contribution in [-0.2, 0) is 0 Å². The summed E-state index contributed by atoms with van der Waals surface area (Å²) in [6.07, 6.45) is 0.619.